The topological polar surface area (TPSA) is 75.6 Å². The third kappa shape index (κ3) is 8.70. The summed E-state index contributed by atoms with van der Waals surface area (Å²) in [5, 5.41) is 11.1. The fourth-order valence-electron chi connectivity index (χ4n) is 1.90. The van der Waals surface area contributed by atoms with Gasteiger partial charge in [-0.15, -0.1) is 13.2 Å². The molecule has 0 heterocycles. The molecule has 8 heteroatoms. The van der Waals surface area contributed by atoms with E-state index in [0.29, 0.717) is 24.9 Å². The molecule has 0 spiro atoms. The van der Waals surface area contributed by atoms with Crippen molar-refractivity contribution in [2.75, 3.05) is 6.54 Å². The van der Waals surface area contributed by atoms with Crippen LogP contribution in [0, 0.1) is 0 Å². The first-order valence-corrected chi connectivity index (χ1v) is 7.10. The average molecular weight is 333 g/mol. The Kier molecular flexibility index (Phi) is 7.37. The molecule has 0 fully saturated rings. The molecule has 0 atom stereocenters. The number of benzene rings is 1. The molecule has 0 unspecified atom stereocenters. The summed E-state index contributed by atoms with van der Waals surface area (Å²) >= 11 is 0. The second kappa shape index (κ2) is 9.02. The lowest BCUT2D eigenvalue weighted by Crippen LogP contribution is -2.25. The van der Waals surface area contributed by atoms with Crippen LogP contribution in [-0.4, -0.2) is 29.9 Å². The van der Waals surface area contributed by atoms with E-state index < -0.39 is 12.3 Å². The first-order valence-electron chi connectivity index (χ1n) is 7.10. The first kappa shape index (κ1) is 18.8. The van der Waals surface area contributed by atoms with E-state index in [4.69, 9.17) is 5.11 Å². The summed E-state index contributed by atoms with van der Waals surface area (Å²) < 4.78 is 40.7. The largest absolute Gasteiger partial charge is 0.573 e. The quantitative estimate of drug-likeness (QED) is 0.681. The van der Waals surface area contributed by atoms with Crippen LogP contribution in [0.2, 0.25) is 0 Å². The normalized spacial score (nSPS) is 11.1. The number of carboxylic acid groups (broad SMARTS) is 1. The minimum absolute atomic E-state index is 0.0250. The summed E-state index contributed by atoms with van der Waals surface area (Å²) in [5.41, 5.74) is 0.297. The Labute approximate surface area is 131 Å². The highest BCUT2D eigenvalue weighted by Gasteiger charge is 2.31. The first-order chi connectivity index (χ1) is 10.8. The molecule has 0 aliphatic carbocycles. The number of hydrogen-bond acceptors (Lipinski definition) is 3. The van der Waals surface area contributed by atoms with Crippen LogP contribution in [-0.2, 0) is 16.0 Å². The van der Waals surface area contributed by atoms with E-state index in [9.17, 15) is 22.8 Å². The molecule has 0 saturated heterocycles. The second-order valence-electron chi connectivity index (χ2n) is 4.86. The van der Waals surface area contributed by atoms with Gasteiger partial charge in [-0.2, -0.15) is 0 Å². The molecular weight excluding hydrogens is 315 g/mol. The van der Waals surface area contributed by atoms with Crippen molar-refractivity contribution in [2.24, 2.45) is 0 Å². The lowest BCUT2D eigenvalue weighted by atomic mass is 10.1. The molecule has 5 nitrogen and oxygen atoms in total. The maximum absolute atomic E-state index is 12.3. The Hall–Kier alpha value is -2.25. The van der Waals surface area contributed by atoms with Gasteiger partial charge in [0.25, 0.3) is 0 Å². The molecule has 1 rings (SSSR count). The van der Waals surface area contributed by atoms with Gasteiger partial charge in [-0.1, -0.05) is 18.2 Å². The van der Waals surface area contributed by atoms with Gasteiger partial charge in [-0.05, 0) is 30.9 Å². The second-order valence-corrected chi connectivity index (χ2v) is 4.86. The molecule has 1 aromatic carbocycles. The van der Waals surface area contributed by atoms with Gasteiger partial charge < -0.3 is 15.2 Å². The van der Waals surface area contributed by atoms with Gasteiger partial charge >= 0.3 is 12.3 Å². The van der Waals surface area contributed by atoms with E-state index in [-0.39, 0.29) is 30.9 Å². The number of hydrogen-bond donors (Lipinski definition) is 2. The molecule has 1 aromatic rings. The summed E-state index contributed by atoms with van der Waals surface area (Å²) in [6.07, 6.45) is -3.60. The number of aryl methyl sites for hydroxylation is 1. The zero-order valence-electron chi connectivity index (χ0n) is 12.4. The van der Waals surface area contributed by atoms with E-state index in [1.165, 1.54) is 18.2 Å². The number of carbonyl (C=O) groups excluding carboxylic acids is 1. The van der Waals surface area contributed by atoms with E-state index in [2.05, 4.69) is 10.1 Å². The number of ether oxygens (including phenoxy) is 1. The zero-order chi connectivity index (χ0) is 17.3. The van der Waals surface area contributed by atoms with Gasteiger partial charge in [0, 0.05) is 19.4 Å². The Balaban J connectivity index is 2.37. The predicted octanol–water partition coefficient (Wildman–Crippen LogP) is 2.89. The lowest BCUT2D eigenvalue weighted by molar-refractivity contribution is -0.274. The van der Waals surface area contributed by atoms with Crippen molar-refractivity contribution < 1.29 is 32.6 Å². The summed E-state index contributed by atoms with van der Waals surface area (Å²) in [5.74, 6) is -1.51. The highest BCUT2D eigenvalue weighted by Crippen LogP contribution is 2.26. The number of unbranched alkanes of at least 4 members (excludes halogenated alkanes) is 1. The Morgan fingerprint density at radius 3 is 2.48 bits per heavy atom. The minimum Gasteiger partial charge on any atom is -0.481 e. The molecule has 2 N–H and O–H groups in total. The van der Waals surface area contributed by atoms with Crippen molar-refractivity contribution in [2.45, 2.75) is 38.5 Å². The van der Waals surface area contributed by atoms with Crippen LogP contribution in [0.4, 0.5) is 13.2 Å². The van der Waals surface area contributed by atoms with Crippen LogP contribution in [0.25, 0.3) is 0 Å². The molecule has 0 radical (unpaired) electrons. The molecular formula is C15H18F3NO4. The third-order valence-electron chi connectivity index (χ3n) is 2.96. The maximum atomic E-state index is 12.3. The van der Waals surface area contributed by atoms with Crippen molar-refractivity contribution in [3.05, 3.63) is 29.8 Å². The third-order valence-corrected chi connectivity index (χ3v) is 2.96. The van der Waals surface area contributed by atoms with Crippen LogP contribution in [0.15, 0.2) is 24.3 Å². The van der Waals surface area contributed by atoms with Crippen molar-refractivity contribution in [3.63, 3.8) is 0 Å². The summed E-state index contributed by atoms with van der Waals surface area (Å²) in [6, 6.07) is 5.67. The van der Waals surface area contributed by atoms with E-state index in [0.717, 1.165) is 0 Å². The average Bonchev–Trinajstić information content (AvgIpc) is 2.44. The molecule has 1 amide bonds. The number of halogens is 3. The van der Waals surface area contributed by atoms with Crippen LogP contribution in [0.5, 0.6) is 5.75 Å². The number of rotatable bonds is 9. The number of aliphatic carboxylic acids is 1. The number of alkyl halides is 3. The Morgan fingerprint density at radius 2 is 1.83 bits per heavy atom. The van der Waals surface area contributed by atoms with E-state index in [1.807, 2.05) is 0 Å². The number of amides is 1. The van der Waals surface area contributed by atoms with Crippen molar-refractivity contribution in [1.29, 1.82) is 0 Å². The molecule has 23 heavy (non-hydrogen) atoms. The van der Waals surface area contributed by atoms with Gasteiger partial charge in [0.1, 0.15) is 5.75 Å². The molecule has 0 aromatic heterocycles. The van der Waals surface area contributed by atoms with E-state index in [1.54, 1.807) is 6.07 Å². The zero-order valence-corrected chi connectivity index (χ0v) is 12.4. The van der Waals surface area contributed by atoms with Gasteiger partial charge in [-0.3, -0.25) is 9.59 Å². The lowest BCUT2D eigenvalue weighted by Gasteiger charge is -2.13. The molecule has 0 aliphatic rings. The van der Waals surface area contributed by atoms with Crippen LogP contribution >= 0.6 is 0 Å². The summed E-state index contributed by atoms with van der Waals surface area (Å²) in [4.78, 5) is 21.9. The SMILES string of the molecule is O=C(O)CCCCNC(=O)CCc1ccccc1OC(F)(F)F. The van der Waals surface area contributed by atoms with Gasteiger partial charge in [0.2, 0.25) is 5.91 Å². The van der Waals surface area contributed by atoms with Crippen LogP contribution in [0.1, 0.15) is 31.2 Å². The Bertz CT molecular complexity index is 532. The number of nitrogens with one attached hydrogen (secondary N) is 1. The summed E-state index contributed by atoms with van der Waals surface area (Å²) in [6.45, 7) is 0.340. The smallest absolute Gasteiger partial charge is 0.481 e. The number of carboxylic acids is 1. The number of para-hydroxylation sites is 1. The molecule has 0 aliphatic heterocycles. The number of carbonyl (C=O) groups is 2. The highest BCUT2D eigenvalue weighted by atomic mass is 19.4. The van der Waals surface area contributed by atoms with Crippen molar-refractivity contribution >= 4 is 11.9 Å². The minimum atomic E-state index is -4.78. The molecule has 0 saturated carbocycles. The predicted molar refractivity (Wildman–Crippen MR) is 75.9 cm³/mol. The molecule has 0 bridgehead atoms. The van der Waals surface area contributed by atoms with Gasteiger partial charge in [0.15, 0.2) is 0 Å². The standard InChI is InChI=1S/C15H18F3NO4/c16-15(17,18)23-12-6-2-1-5-11(12)8-9-13(20)19-10-4-3-7-14(21)22/h1-2,5-6H,3-4,7-10H2,(H,19,20)(H,21,22). The monoisotopic (exact) mass is 333 g/mol. The fraction of sp³-hybridized carbons (Fsp3) is 0.467. The van der Waals surface area contributed by atoms with Crippen LogP contribution < -0.4 is 10.1 Å². The Morgan fingerprint density at radius 1 is 1.13 bits per heavy atom. The van der Waals surface area contributed by atoms with E-state index >= 15 is 0 Å². The summed E-state index contributed by atoms with van der Waals surface area (Å²) in [7, 11) is 0. The van der Waals surface area contributed by atoms with Crippen molar-refractivity contribution in [3.8, 4) is 5.75 Å². The maximum Gasteiger partial charge on any atom is 0.573 e. The van der Waals surface area contributed by atoms with Crippen LogP contribution in [0.3, 0.4) is 0 Å². The molecule has 128 valence electrons. The van der Waals surface area contributed by atoms with Gasteiger partial charge in [0.05, 0.1) is 0 Å². The fourth-order valence-corrected chi connectivity index (χ4v) is 1.90. The van der Waals surface area contributed by atoms with Gasteiger partial charge in [-0.25, -0.2) is 0 Å². The van der Waals surface area contributed by atoms with Crippen molar-refractivity contribution in [1.82, 2.24) is 5.32 Å². The highest BCUT2D eigenvalue weighted by molar-refractivity contribution is 5.76.